The minimum Gasteiger partial charge on any atom is -0.396 e. The molecule has 0 atom stereocenters. The van der Waals surface area contributed by atoms with Crippen LogP contribution in [0.15, 0.2) is 24.3 Å². The van der Waals surface area contributed by atoms with E-state index in [-0.39, 0.29) is 12.6 Å². The summed E-state index contributed by atoms with van der Waals surface area (Å²) in [5.41, 5.74) is 1.37. The van der Waals surface area contributed by atoms with Gasteiger partial charge < -0.3 is 20.6 Å². The average Bonchev–Trinajstić information content (AvgIpc) is 2.37. The topological polar surface area (TPSA) is 64.6 Å². The van der Waals surface area contributed by atoms with Crippen LogP contribution in [-0.2, 0) is 0 Å². The Bertz CT molecular complexity index is 446. The summed E-state index contributed by atoms with van der Waals surface area (Å²) in [7, 11) is 2.00. The summed E-state index contributed by atoms with van der Waals surface area (Å²) in [6.45, 7) is 6.78. The van der Waals surface area contributed by atoms with E-state index < -0.39 is 5.54 Å². The first-order valence-corrected chi connectivity index (χ1v) is 6.89. The van der Waals surface area contributed by atoms with Gasteiger partial charge >= 0.3 is 6.03 Å². The molecule has 0 saturated heterocycles. The molecule has 1 rings (SSSR count). The van der Waals surface area contributed by atoms with E-state index in [1.54, 1.807) is 0 Å². The molecule has 5 nitrogen and oxygen atoms in total. The summed E-state index contributed by atoms with van der Waals surface area (Å²) < 4.78 is 0. The first-order valence-electron chi connectivity index (χ1n) is 6.89. The molecule has 20 heavy (non-hydrogen) atoms. The normalized spacial score (nSPS) is 11.1. The number of amides is 2. The fraction of sp³-hybridized carbons (Fsp3) is 0.533. The number of hydrogen-bond acceptors (Lipinski definition) is 3. The molecular weight excluding hydrogens is 254 g/mol. The number of aliphatic hydroxyl groups excluding tert-OH is 1. The van der Waals surface area contributed by atoms with E-state index in [1.165, 1.54) is 0 Å². The minimum atomic E-state index is -0.434. The van der Waals surface area contributed by atoms with Gasteiger partial charge in [-0.15, -0.1) is 0 Å². The van der Waals surface area contributed by atoms with Crippen LogP contribution in [0.5, 0.6) is 0 Å². The molecule has 0 fully saturated rings. The fourth-order valence-electron chi connectivity index (χ4n) is 1.82. The van der Waals surface area contributed by atoms with Crippen LogP contribution in [0, 0.1) is 0 Å². The zero-order valence-corrected chi connectivity index (χ0v) is 12.7. The zero-order valence-electron chi connectivity index (χ0n) is 12.7. The van der Waals surface area contributed by atoms with Crippen LogP contribution in [0.1, 0.15) is 27.2 Å². The molecule has 0 aliphatic carbocycles. The number of carbonyl (C=O) groups is 1. The van der Waals surface area contributed by atoms with Gasteiger partial charge in [-0.1, -0.05) is 6.07 Å². The molecule has 0 bridgehead atoms. The molecule has 0 aliphatic heterocycles. The third-order valence-electron chi connectivity index (χ3n) is 3.21. The van der Waals surface area contributed by atoms with Gasteiger partial charge in [0.15, 0.2) is 0 Å². The van der Waals surface area contributed by atoms with Crippen molar-refractivity contribution in [2.75, 3.05) is 30.4 Å². The van der Waals surface area contributed by atoms with Crippen molar-refractivity contribution in [2.45, 2.75) is 32.7 Å². The fourth-order valence-corrected chi connectivity index (χ4v) is 1.82. The predicted molar refractivity (Wildman–Crippen MR) is 83.3 cm³/mol. The molecular formula is C15H25N3O2. The molecule has 5 heteroatoms. The Morgan fingerprint density at radius 2 is 2.10 bits per heavy atom. The molecule has 0 aliphatic rings. The maximum Gasteiger partial charge on any atom is 0.319 e. The smallest absolute Gasteiger partial charge is 0.319 e. The monoisotopic (exact) mass is 279 g/mol. The predicted octanol–water partition coefficient (Wildman–Crippen LogP) is 2.43. The van der Waals surface area contributed by atoms with Crippen molar-refractivity contribution in [1.82, 2.24) is 5.32 Å². The summed E-state index contributed by atoms with van der Waals surface area (Å²) in [4.78, 5) is 14.0. The summed E-state index contributed by atoms with van der Waals surface area (Å²) in [6, 6.07) is 7.44. The lowest BCUT2D eigenvalue weighted by Crippen LogP contribution is -2.46. The van der Waals surface area contributed by atoms with Gasteiger partial charge in [0.1, 0.15) is 0 Å². The molecule has 0 saturated carbocycles. The van der Waals surface area contributed by atoms with Crippen molar-refractivity contribution in [2.24, 2.45) is 0 Å². The van der Waals surface area contributed by atoms with E-state index in [2.05, 4.69) is 22.5 Å². The lowest BCUT2D eigenvalue weighted by atomic mass is 10.0. The second kappa shape index (κ2) is 7.14. The molecule has 0 heterocycles. The van der Waals surface area contributed by atoms with Crippen molar-refractivity contribution < 1.29 is 9.90 Å². The Labute approximate surface area is 121 Å². The van der Waals surface area contributed by atoms with Crippen LogP contribution in [0.25, 0.3) is 0 Å². The Morgan fingerprint density at radius 1 is 1.40 bits per heavy atom. The number of anilines is 2. The third kappa shape index (κ3) is 5.09. The Hall–Kier alpha value is -1.75. The molecule has 0 radical (unpaired) electrons. The van der Waals surface area contributed by atoms with Gasteiger partial charge in [0.05, 0.1) is 0 Å². The van der Waals surface area contributed by atoms with Crippen LogP contribution in [0.3, 0.4) is 0 Å². The lowest BCUT2D eigenvalue weighted by molar-refractivity contribution is 0.218. The standard InChI is InChI=1S/C15H25N3O2/c1-5-18(4)13-8-6-7-12(11-13)16-14(20)17-15(2,3)9-10-19/h6-8,11,19H,5,9-10H2,1-4H3,(H2,16,17,20). The Morgan fingerprint density at radius 3 is 2.70 bits per heavy atom. The lowest BCUT2D eigenvalue weighted by Gasteiger charge is -2.25. The van der Waals surface area contributed by atoms with Gasteiger partial charge in [0.2, 0.25) is 0 Å². The Kier molecular flexibility index (Phi) is 5.82. The number of urea groups is 1. The van der Waals surface area contributed by atoms with Gasteiger partial charge in [0.25, 0.3) is 0 Å². The van der Waals surface area contributed by atoms with Crippen LogP contribution in [0.4, 0.5) is 16.2 Å². The van der Waals surface area contributed by atoms with E-state index in [9.17, 15) is 4.79 Å². The molecule has 3 N–H and O–H groups in total. The number of aliphatic hydroxyl groups is 1. The van der Waals surface area contributed by atoms with Crippen molar-refractivity contribution in [3.05, 3.63) is 24.3 Å². The summed E-state index contributed by atoms with van der Waals surface area (Å²) in [5, 5.41) is 14.6. The largest absolute Gasteiger partial charge is 0.396 e. The first-order chi connectivity index (χ1) is 9.38. The van der Waals surface area contributed by atoms with E-state index in [0.717, 1.165) is 17.9 Å². The van der Waals surface area contributed by atoms with Crippen molar-refractivity contribution in [3.63, 3.8) is 0 Å². The highest BCUT2D eigenvalue weighted by molar-refractivity contribution is 5.90. The molecule has 0 spiro atoms. The zero-order chi connectivity index (χ0) is 15.2. The maximum atomic E-state index is 11.9. The number of hydrogen-bond donors (Lipinski definition) is 3. The molecule has 0 aromatic heterocycles. The molecule has 112 valence electrons. The van der Waals surface area contributed by atoms with Crippen molar-refractivity contribution >= 4 is 17.4 Å². The van der Waals surface area contributed by atoms with E-state index in [1.807, 2.05) is 45.2 Å². The number of nitrogens with zero attached hydrogens (tertiary/aromatic N) is 1. The molecule has 1 aromatic rings. The second-order valence-corrected chi connectivity index (χ2v) is 5.50. The highest BCUT2D eigenvalue weighted by Gasteiger charge is 2.19. The van der Waals surface area contributed by atoms with Crippen molar-refractivity contribution in [1.29, 1.82) is 0 Å². The summed E-state index contributed by atoms with van der Waals surface area (Å²) >= 11 is 0. The summed E-state index contributed by atoms with van der Waals surface area (Å²) in [5.74, 6) is 0. The molecule has 1 aromatic carbocycles. The van der Waals surface area contributed by atoms with E-state index in [4.69, 9.17) is 5.11 Å². The number of nitrogens with one attached hydrogen (secondary N) is 2. The SMILES string of the molecule is CCN(C)c1cccc(NC(=O)NC(C)(C)CCO)c1. The van der Waals surface area contributed by atoms with Gasteiger partial charge in [-0.3, -0.25) is 0 Å². The summed E-state index contributed by atoms with van der Waals surface area (Å²) in [6.07, 6.45) is 0.513. The van der Waals surface area contributed by atoms with Crippen LogP contribution < -0.4 is 15.5 Å². The molecule has 0 unspecified atom stereocenters. The van der Waals surface area contributed by atoms with Crippen LogP contribution in [-0.4, -0.2) is 36.9 Å². The molecule has 2 amide bonds. The van der Waals surface area contributed by atoms with Gasteiger partial charge in [-0.25, -0.2) is 4.79 Å². The Balaban J connectivity index is 2.66. The van der Waals surface area contributed by atoms with E-state index >= 15 is 0 Å². The van der Waals surface area contributed by atoms with Crippen molar-refractivity contribution in [3.8, 4) is 0 Å². The van der Waals surface area contributed by atoms with Crippen LogP contribution >= 0.6 is 0 Å². The first kappa shape index (κ1) is 16.3. The van der Waals surface area contributed by atoms with Gasteiger partial charge in [0, 0.05) is 37.1 Å². The van der Waals surface area contributed by atoms with E-state index in [0.29, 0.717) is 6.42 Å². The maximum absolute atomic E-state index is 11.9. The number of benzene rings is 1. The minimum absolute atomic E-state index is 0.0457. The second-order valence-electron chi connectivity index (χ2n) is 5.50. The quantitative estimate of drug-likeness (QED) is 0.749. The average molecular weight is 279 g/mol. The van der Waals surface area contributed by atoms with Gasteiger partial charge in [-0.2, -0.15) is 0 Å². The highest BCUT2D eigenvalue weighted by Crippen LogP contribution is 2.18. The number of rotatable bonds is 6. The van der Waals surface area contributed by atoms with Crippen LogP contribution in [0.2, 0.25) is 0 Å². The number of carbonyl (C=O) groups excluding carboxylic acids is 1. The highest BCUT2D eigenvalue weighted by atomic mass is 16.3. The third-order valence-corrected chi connectivity index (χ3v) is 3.21. The van der Waals surface area contributed by atoms with Gasteiger partial charge in [-0.05, 0) is 45.4 Å².